The number of amides is 1. The van der Waals surface area contributed by atoms with Gasteiger partial charge in [0.25, 0.3) is 6.17 Å². The van der Waals surface area contributed by atoms with Crippen molar-refractivity contribution in [1.29, 1.82) is 0 Å². The van der Waals surface area contributed by atoms with Gasteiger partial charge in [-0.2, -0.15) is 11.3 Å². The molecular weight excluding hydrogens is 356 g/mol. The maximum Gasteiger partial charge on any atom is 0.325 e. The maximum absolute atomic E-state index is 12.8. The molecule has 0 bridgehead atoms. The van der Waals surface area contributed by atoms with Crippen LogP contribution < -0.4 is 15.1 Å². The first-order chi connectivity index (χ1) is 12.1. The van der Waals surface area contributed by atoms with Crippen LogP contribution in [0.15, 0.2) is 51.0 Å². The standard InChI is InChI=1S/C17H14N4O2S2/c1-10(22)20-13-6-4-3-5-12(13)14-15(23)18-17(24-2)19-21(14)16(20)11-7-8-25-9-11/h3-9,16H,1-2H3/p+1/t16-/m0/s1. The van der Waals surface area contributed by atoms with E-state index in [1.807, 2.05) is 47.3 Å². The number of rotatable bonds is 2. The number of benzene rings is 1. The SMILES string of the molecule is CSc1n[n+]2c(c(=O)[nH]1)-c1ccccc1N(C(C)=O)[C@@H]2c1ccsc1. The third-order valence-corrected chi connectivity index (χ3v) is 5.40. The Labute approximate surface area is 152 Å². The van der Waals surface area contributed by atoms with Crippen LogP contribution in [0.25, 0.3) is 11.3 Å². The van der Waals surface area contributed by atoms with Crippen LogP contribution in [0, 0.1) is 0 Å². The average Bonchev–Trinajstić information content (AvgIpc) is 3.13. The van der Waals surface area contributed by atoms with Gasteiger partial charge in [0, 0.05) is 17.4 Å². The van der Waals surface area contributed by atoms with Crippen molar-refractivity contribution in [2.75, 3.05) is 11.2 Å². The summed E-state index contributed by atoms with van der Waals surface area (Å²) in [6, 6.07) is 9.39. The molecule has 126 valence electrons. The minimum Gasteiger partial charge on any atom is -0.291 e. The second-order valence-corrected chi connectivity index (χ2v) is 7.17. The third kappa shape index (κ3) is 2.49. The van der Waals surface area contributed by atoms with E-state index in [-0.39, 0.29) is 11.5 Å². The Morgan fingerprint density at radius 3 is 2.84 bits per heavy atom. The van der Waals surface area contributed by atoms with Crippen molar-refractivity contribution in [3.05, 3.63) is 57.0 Å². The molecular formula is C17H15N4O2S2+. The number of anilines is 1. The van der Waals surface area contributed by atoms with Gasteiger partial charge in [-0.15, -0.1) is 0 Å². The number of aromatic amines is 1. The number of thiophene rings is 1. The summed E-state index contributed by atoms with van der Waals surface area (Å²) < 4.78 is 1.66. The number of aromatic nitrogens is 3. The number of hydrogen-bond acceptors (Lipinski definition) is 5. The Morgan fingerprint density at radius 1 is 1.36 bits per heavy atom. The Balaban J connectivity index is 2.11. The van der Waals surface area contributed by atoms with Crippen LogP contribution >= 0.6 is 23.1 Å². The van der Waals surface area contributed by atoms with Gasteiger partial charge in [-0.1, -0.05) is 23.9 Å². The molecule has 0 saturated carbocycles. The second-order valence-electron chi connectivity index (χ2n) is 5.59. The normalized spacial score (nSPS) is 15.6. The van der Waals surface area contributed by atoms with Crippen LogP contribution in [0.5, 0.6) is 0 Å². The van der Waals surface area contributed by atoms with E-state index >= 15 is 0 Å². The van der Waals surface area contributed by atoms with Crippen LogP contribution in [-0.4, -0.2) is 22.2 Å². The number of nitrogens with zero attached hydrogens (tertiary/aromatic N) is 3. The maximum atomic E-state index is 12.8. The van der Waals surface area contributed by atoms with Crippen molar-refractivity contribution < 1.29 is 9.48 Å². The molecule has 1 aromatic carbocycles. The van der Waals surface area contributed by atoms with Gasteiger partial charge >= 0.3 is 11.3 Å². The van der Waals surface area contributed by atoms with Gasteiger partial charge in [0.2, 0.25) is 11.1 Å². The molecule has 0 aliphatic carbocycles. The summed E-state index contributed by atoms with van der Waals surface area (Å²) in [7, 11) is 0. The summed E-state index contributed by atoms with van der Waals surface area (Å²) in [6.45, 7) is 1.53. The lowest BCUT2D eigenvalue weighted by Gasteiger charge is -2.30. The van der Waals surface area contributed by atoms with Crippen molar-refractivity contribution in [2.45, 2.75) is 18.2 Å². The van der Waals surface area contributed by atoms with E-state index in [4.69, 9.17) is 0 Å². The fourth-order valence-electron chi connectivity index (χ4n) is 3.13. The van der Waals surface area contributed by atoms with Crippen LogP contribution in [0.1, 0.15) is 18.7 Å². The molecule has 0 fully saturated rings. The smallest absolute Gasteiger partial charge is 0.291 e. The summed E-state index contributed by atoms with van der Waals surface area (Å²) in [4.78, 5) is 29.8. The number of para-hydroxylation sites is 1. The summed E-state index contributed by atoms with van der Waals surface area (Å²) in [5, 5.41) is 9.04. The molecule has 2 aromatic heterocycles. The fourth-order valence-corrected chi connectivity index (χ4v) is 4.16. The van der Waals surface area contributed by atoms with Crippen molar-refractivity contribution in [3.8, 4) is 11.3 Å². The van der Waals surface area contributed by atoms with Gasteiger partial charge in [-0.05, 0) is 34.5 Å². The van der Waals surface area contributed by atoms with Gasteiger partial charge in [-0.25, -0.2) is 4.90 Å². The summed E-state index contributed by atoms with van der Waals surface area (Å²) in [6.07, 6.45) is 1.37. The topological polar surface area (TPSA) is 69.9 Å². The first-order valence-corrected chi connectivity index (χ1v) is 9.80. The molecule has 4 rings (SSSR count). The number of carbonyl (C=O) groups excluding carboxylic acids is 1. The lowest BCUT2D eigenvalue weighted by atomic mass is 10.0. The highest BCUT2D eigenvalue weighted by Crippen LogP contribution is 2.37. The minimum absolute atomic E-state index is 0.102. The highest BCUT2D eigenvalue weighted by Gasteiger charge is 2.44. The Kier molecular flexibility index (Phi) is 3.93. The molecule has 0 saturated heterocycles. The molecule has 8 heteroatoms. The van der Waals surface area contributed by atoms with E-state index in [0.717, 1.165) is 11.3 Å². The molecule has 0 unspecified atom stereocenters. The molecule has 3 heterocycles. The highest BCUT2D eigenvalue weighted by molar-refractivity contribution is 7.98. The van der Waals surface area contributed by atoms with E-state index in [1.54, 1.807) is 20.9 Å². The van der Waals surface area contributed by atoms with Gasteiger partial charge in [0.05, 0.1) is 16.8 Å². The van der Waals surface area contributed by atoms with Crippen molar-refractivity contribution in [3.63, 3.8) is 0 Å². The molecule has 1 N–H and O–H groups in total. The van der Waals surface area contributed by atoms with Crippen LogP contribution in [0.2, 0.25) is 0 Å². The molecule has 1 atom stereocenters. The van der Waals surface area contributed by atoms with E-state index in [0.29, 0.717) is 16.4 Å². The van der Waals surface area contributed by atoms with Gasteiger partial charge in [-0.3, -0.25) is 14.6 Å². The van der Waals surface area contributed by atoms with Crippen molar-refractivity contribution in [1.82, 2.24) is 10.1 Å². The second kappa shape index (κ2) is 6.12. The summed E-state index contributed by atoms with van der Waals surface area (Å²) in [5.74, 6) is -0.102. The molecule has 25 heavy (non-hydrogen) atoms. The first kappa shape index (κ1) is 16.0. The number of hydrogen-bond donors (Lipinski definition) is 1. The predicted molar refractivity (Wildman–Crippen MR) is 97.9 cm³/mol. The molecule has 6 nitrogen and oxygen atoms in total. The fraction of sp³-hybridized carbons (Fsp3) is 0.176. The monoisotopic (exact) mass is 371 g/mol. The molecule has 1 aliphatic rings. The Bertz CT molecular complexity index is 1010. The number of nitrogens with one attached hydrogen (secondary N) is 1. The molecule has 0 radical (unpaired) electrons. The quantitative estimate of drug-likeness (QED) is 0.555. The van der Waals surface area contributed by atoms with Gasteiger partial charge in [0.15, 0.2) is 0 Å². The molecule has 1 amide bonds. The van der Waals surface area contributed by atoms with E-state index < -0.39 is 6.17 Å². The summed E-state index contributed by atoms with van der Waals surface area (Å²) in [5.41, 5.74) is 2.59. The van der Waals surface area contributed by atoms with E-state index in [2.05, 4.69) is 10.1 Å². The van der Waals surface area contributed by atoms with E-state index in [9.17, 15) is 9.59 Å². The van der Waals surface area contributed by atoms with Crippen LogP contribution in [0.3, 0.4) is 0 Å². The number of fused-ring (bicyclic) bond motifs is 3. The van der Waals surface area contributed by atoms with Gasteiger partial charge < -0.3 is 0 Å². The average molecular weight is 371 g/mol. The zero-order valence-corrected chi connectivity index (χ0v) is 15.2. The van der Waals surface area contributed by atoms with Crippen LogP contribution in [0.4, 0.5) is 5.69 Å². The molecule has 3 aromatic rings. The number of carbonyl (C=O) groups is 1. The largest absolute Gasteiger partial charge is 0.325 e. The minimum atomic E-state index is -0.484. The third-order valence-electron chi connectivity index (χ3n) is 4.13. The molecule has 1 aliphatic heterocycles. The summed E-state index contributed by atoms with van der Waals surface area (Å²) >= 11 is 2.90. The zero-order chi connectivity index (χ0) is 17.6. The van der Waals surface area contributed by atoms with Gasteiger partial charge in [0.1, 0.15) is 0 Å². The number of H-pyrrole nitrogens is 1. The van der Waals surface area contributed by atoms with E-state index in [1.165, 1.54) is 18.7 Å². The zero-order valence-electron chi connectivity index (χ0n) is 13.6. The Hall–Kier alpha value is -2.45. The first-order valence-electron chi connectivity index (χ1n) is 7.63. The van der Waals surface area contributed by atoms with Crippen LogP contribution in [-0.2, 0) is 4.79 Å². The van der Waals surface area contributed by atoms with Crippen molar-refractivity contribution in [2.24, 2.45) is 0 Å². The van der Waals surface area contributed by atoms with Crippen molar-refractivity contribution >= 4 is 34.7 Å². The lowest BCUT2D eigenvalue weighted by molar-refractivity contribution is -0.763. The Morgan fingerprint density at radius 2 is 2.16 bits per heavy atom. The predicted octanol–water partition coefficient (Wildman–Crippen LogP) is 2.42. The highest BCUT2D eigenvalue weighted by atomic mass is 32.2. The molecule has 0 spiro atoms. The number of thioether (sulfide) groups is 1. The lowest BCUT2D eigenvalue weighted by Crippen LogP contribution is -2.60.